The van der Waals surface area contributed by atoms with Gasteiger partial charge in [0.1, 0.15) is 0 Å². The summed E-state index contributed by atoms with van der Waals surface area (Å²) in [5.74, 6) is -0.833. The van der Waals surface area contributed by atoms with Crippen molar-refractivity contribution in [3.63, 3.8) is 0 Å². The highest BCUT2D eigenvalue weighted by Crippen LogP contribution is 2.16. The molecular formula is C9H12BrNO2. The highest BCUT2D eigenvalue weighted by molar-refractivity contribution is 9.10. The molecule has 4 heteroatoms. The van der Waals surface area contributed by atoms with E-state index in [2.05, 4.69) is 15.9 Å². The lowest BCUT2D eigenvalue weighted by atomic mass is 10.2. The van der Waals surface area contributed by atoms with E-state index in [1.165, 1.54) is 0 Å². The van der Waals surface area contributed by atoms with Crippen molar-refractivity contribution in [3.05, 3.63) is 28.2 Å². The van der Waals surface area contributed by atoms with Crippen LogP contribution in [0.2, 0.25) is 0 Å². The van der Waals surface area contributed by atoms with Crippen LogP contribution in [0.5, 0.6) is 0 Å². The number of nitrogen functional groups attached to an aromatic ring is 1. The first kappa shape index (κ1) is 12.0. The summed E-state index contributed by atoms with van der Waals surface area (Å²) >= 11 is 3.32. The van der Waals surface area contributed by atoms with E-state index >= 15 is 0 Å². The summed E-state index contributed by atoms with van der Waals surface area (Å²) in [6.07, 6.45) is 0. The first-order valence-electron chi connectivity index (χ1n) is 3.64. The average molecular weight is 246 g/mol. The van der Waals surface area contributed by atoms with Crippen molar-refractivity contribution in [1.29, 1.82) is 0 Å². The number of hydrogen-bond donors (Lipinski definition) is 2. The number of anilines is 1. The summed E-state index contributed by atoms with van der Waals surface area (Å²) in [6.45, 7) is 3.07. The molecule has 0 saturated heterocycles. The Kier molecular flexibility index (Phi) is 5.14. The maximum absolute atomic E-state index is 9.00. The fourth-order valence-electron chi connectivity index (χ4n) is 0.611. The molecule has 0 spiro atoms. The Balaban J connectivity index is 0.000000310. The van der Waals surface area contributed by atoms with E-state index in [1.807, 2.05) is 25.1 Å². The minimum Gasteiger partial charge on any atom is -0.481 e. The van der Waals surface area contributed by atoms with Crippen LogP contribution < -0.4 is 5.73 Å². The molecule has 0 atom stereocenters. The predicted molar refractivity (Wildman–Crippen MR) is 56.6 cm³/mol. The number of nitrogens with two attached hydrogens (primary N) is 1. The Labute approximate surface area is 85.7 Å². The van der Waals surface area contributed by atoms with Crippen LogP contribution >= 0.6 is 15.9 Å². The second-order valence-corrected chi connectivity index (χ2v) is 3.44. The van der Waals surface area contributed by atoms with Crippen LogP contribution in [0, 0.1) is 6.92 Å². The Hall–Kier alpha value is -1.03. The normalized spacial score (nSPS) is 8.54. The molecular weight excluding hydrogens is 234 g/mol. The monoisotopic (exact) mass is 245 g/mol. The maximum Gasteiger partial charge on any atom is 0.300 e. The van der Waals surface area contributed by atoms with Gasteiger partial charge in [-0.2, -0.15) is 0 Å². The largest absolute Gasteiger partial charge is 0.481 e. The number of aryl methyl sites for hydroxylation is 1. The number of halogens is 1. The van der Waals surface area contributed by atoms with Crippen molar-refractivity contribution in [1.82, 2.24) is 0 Å². The van der Waals surface area contributed by atoms with Crippen molar-refractivity contribution >= 4 is 27.6 Å². The van der Waals surface area contributed by atoms with Gasteiger partial charge >= 0.3 is 0 Å². The van der Waals surface area contributed by atoms with E-state index in [-0.39, 0.29) is 0 Å². The standard InChI is InChI=1S/C7H8BrN.C2H4O2/c1-5-2-3-6(8)4-7(5)9;1-2(3)4/h2-4H,9H2,1H3;1H3,(H,3,4). The fourth-order valence-corrected chi connectivity index (χ4v) is 0.990. The lowest BCUT2D eigenvalue weighted by molar-refractivity contribution is -0.134. The third kappa shape index (κ3) is 6.16. The fraction of sp³-hybridized carbons (Fsp3) is 0.222. The zero-order chi connectivity index (χ0) is 10.4. The summed E-state index contributed by atoms with van der Waals surface area (Å²) < 4.78 is 1.03. The minimum absolute atomic E-state index is 0.833. The molecule has 0 radical (unpaired) electrons. The molecule has 0 aliphatic rings. The van der Waals surface area contributed by atoms with Gasteiger partial charge in [0.15, 0.2) is 0 Å². The maximum atomic E-state index is 9.00. The number of rotatable bonds is 0. The number of carboxylic acids is 1. The second kappa shape index (κ2) is 5.59. The van der Waals surface area contributed by atoms with E-state index in [0.29, 0.717) is 0 Å². The third-order valence-corrected chi connectivity index (χ3v) is 1.73. The highest BCUT2D eigenvalue weighted by atomic mass is 79.9. The molecule has 1 aromatic rings. The molecule has 1 aromatic carbocycles. The molecule has 0 aliphatic carbocycles. The van der Waals surface area contributed by atoms with Crippen LogP contribution in [0.25, 0.3) is 0 Å². The first-order chi connectivity index (χ1) is 5.93. The number of hydrogen-bond acceptors (Lipinski definition) is 2. The van der Waals surface area contributed by atoms with Crippen LogP contribution in [0.1, 0.15) is 12.5 Å². The van der Waals surface area contributed by atoms with Gasteiger partial charge in [-0.3, -0.25) is 4.79 Å². The van der Waals surface area contributed by atoms with Crippen LogP contribution in [0.4, 0.5) is 5.69 Å². The summed E-state index contributed by atoms with van der Waals surface area (Å²) in [7, 11) is 0. The molecule has 13 heavy (non-hydrogen) atoms. The van der Waals surface area contributed by atoms with Crippen molar-refractivity contribution in [2.75, 3.05) is 5.73 Å². The summed E-state index contributed by atoms with van der Waals surface area (Å²) in [5, 5.41) is 7.42. The number of carbonyl (C=O) groups is 1. The summed E-state index contributed by atoms with van der Waals surface area (Å²) in [5.41, 5.74) is 7.55. The molecule has 72 valence electrons. The molecule has 3 nitrogen and oxygen atoms in total. The predicted octanol–water partition coefficient (Wildman–Crippen LogP) is 2.43. The third-order valence-electron chi connectivity index (χ3n) is 1.24. The van der Waals surface area contributed by atoms with Gasteiger partial charge in [-0.05, 0) is 24.6 Å². The molecule has 0 heterocycles. The smallest absolute Gasteiger partial charge is 0.300 e. The van der Waals surface area contributed by atoms with E-state index in [1.54, 1.807) is 0 Å². The second-order valence-electron chi connectivity index (χ2n) is 2.52. The van der Waals surface area contributed by atoms with E-state index in [0.717, 1.165) is 22.6 Å². The molecule has 3 N–H and O–H groups in total. The van der Waals surface area contributed by atoms with Crippen molar-refractivity contribution in [3.8, 4) is 0 Å². The Morgan fingerprint density at radius 3 is 2.31 bits per heavy atom. The Bertz CT molecular complexity index is 296. The zero-order valence-electron chi connectivity index (χ0n) is 7.54. The van der Waals surface area contributed by atoms with Crippen LogP contribution in [0.3, 0.4) is 0 Å². The highest BCUT2D eigenvalue weighted by Gasteiger charge is 1.90. The quantitative estimate of drug-likeness (QED) is 0.691. The van der Waals surface area contributed by atoms with Gasteiger partial charge in [0, 0.05) is 17.1 Å². The molecule has 1 rings (SSSR count). The van der Waals surface area contributed by atoms with E-state index in [4.69, 9.17) is 15.6 Å². The molecule has 0 fully saturated rings. The van der Waals surface area contributed by atoms with Crippen LogP contribution in [-0.2, 0) is 4.79 Å². The van der Waals surface area contributed by atoms with Crippen molar-refractivity contribution in [2.24, 2.45) is 0 Å². The van der Waals surface area contributed by atoms with Gasteiger partial charge in [-0.25, -0.2) is 0 Å². The zero-order valence-corrected chi connectivity index (χ0v) is 9.13. The number of aliphatic carboxylic acids is 1. The van der Waals surface area contributed by atoms with Gasteiger partial charge in [-0.15, -0.1) is 0 Å². The van der Waals surface area contributed by atoms with Gasteiger partial charge in [0.25, 0.3) is 5.97 Å². The molecule has 0 aromatic heterocycles. The SMILES string of the molecule is CC(=O)O.Cc1ccc(Br)cc1N. The Morgan fingerprint density at radius 2 is 2.00 bits per heavy atom. The molecule has 0 aliphatic heterocycles. The van der Waals surface area contributed by atoms with E-state index < -0.39 is 5.97 Å². The number of carboxylic acid groups (broad SMARTS) is 1. The van der Waals surface area contributed by atoms with Gasteiger partial charge in [-0.1, -0.05) is 22.0 Å². The first-order valence-corrected chi connectivity index (χ1v) is 4.44. The van der Waals surface area contributed by atoms with Gasteiger partial charge < -0.3 is 10.8 Å². The summed E-state index contributed by atoms with van der Waals surface area (Å²) in [4.78, 5) is 9.00. The number of benzene rings is 1. The van der Waals surface area contributed by atoms with Gasteiger partial charge in [0.05, 0.1) is 0 Å². The topological polar surface area (TPSA) is 63.3 Å². The lowest BCUT2D eigenvalue weighted by Gasteiger charge is -1.97. The van der Waals surface area contributed by atoms with Crippen molar-refractivity contribution < 1.29 is 9.90 Å². The molecule has 0 amide bonds. The van der Waals surface area contributed by atoms with E-state index in [9.17, 15) is 0 Å². The average Bonchev–Trinajstić information content (AvgIpc) is 1.96. The minimum atomic E-state index is -0.833. The molecule has 0 bridgehead atoms. The Morgan fingerprint density at radius 1 is 1.54 bits per heavy atom. The lowest BCUT2D eigenvalue weighted by Crippen LogP contribution is -1.87. The molecule has 0 unspecified atom stereocenters. The van der Waals surface area contributed by atoms with Crippen LogP contribution in [0.15, 0.2) is 22.7 Å². The summed E-state index contributed by atoms with van der Waals surface area (Å²) in [6, 6.07) is 5.86. The van der Waals surface area contributed by atoms with Crippen LogP contribution in [-0.4, -0.2) is 11.1 Å². The van der Waals surface area contributed by atoms with Gasteiger partial charge in [0.2, 0.25) is 0 Å². The van der Waals surface area contributed by atoms with Crippen molar-refractivity contribution in [2.45, 2.75) is 13.8 Å². The molecule has 0 saturated carbocycles.